The molecule has 0 radical (unpaired) electrons. The maximum absolute atomic E-state index is 13.2. The van der Waals surface area contributed by atoms with E-state index in [1.165, 1.54) is 7.11 Å². The second kappa shape index (κ2) is 9.47. The molecule has 0 saturated carbocycles. The summed E-state index contributed by atoms with van der Waals surface area (Å²) in [6.45, 7) is 6.29. The molecular weight excluding hydrogens is 404 g/mol. The number of carbonyl (C=O) groups is 2. The Bertz CT molecular complexity index is 1050. The van der Waals surface area contributed by atoms with Crippen LogP contribution < -0.4 is 9.64 Å². The molecule has 0 bridgehead atoms. The molecule has 6 nitrogen and oxygen atoms in total. The summed E-state index contributed by atoms with van der Waals surface area (Å²) in [6.07, 6.45) is 1.66. The number of ether oxygens (including phenoxy) is 1. The summed E-state index contributed by atoms with van der Waals surface area (Å²) in [6, 6.07) is 10.8. The highest BCUT2D eigenvalue weighted by atomic mass is 16.5. The first-order valence-electron chi connectivity index (χ1n) is 10.9. The number of unbranched alkanes of at least 4 members (excludes halogenated alkanes) is 1. The maximum Gasteiger partial charge on any atom is 0.295 e. The number of aryl methyl sites for hydroxylation is 2. The molecule has 1 fully saturated rings. The van der Waals surface area contributed by atoms with E-state index in [1.807, 2.05) is 70.1 Å². The van der Waals surface area contributed by atoms with Crippen LogP contribution >= 0.6 is 0 Å². The van der Waals surface area contributed by atoms with Crippen LogP contribution in [-0.2, 0) is 9.59 Å². The van der Waals surface area contributed by atoms with Crippen molar-refractivity contribution in [2.24, 2.45) is 0 Å². The minimum absolute atomic E-state index is 0.104. The lowest BCUT2D eigenvalue weighted by atomic mass is 9.93. The average molecular weight is 437 g/mol. The van der Waals surface area contributed by atoms with Gasteiger partial charge in [0, 0.05) is 26.3 Å². The number of carbonyl (C=O) groups excluding carboxylic acids is 2. The molecule has 1 aliphatic heterocycles. The van der Waals surface area contributed by atoms with Gasteiger partial charge in [-0.3, -0.25) is 9.59 Å². The van der Waals surface area contributed by atoms with E-state index in [0.717, 1.165) is 35.2 Å². The lowest BCUT2D eigenvalue weighted by Crippen LogP contribution is -2.30. The smallest absolute Gasteiger partial charge is 0.295 e. The minimum Gasteiger partial charge on any atom is -0.507 e. The molecule has 32 heavy (non-hydrogen) atoms. The van der Waals surface area contributed by atoms with Gasteiger partial charge in [0.1, 0.15) is 11.5 Å². The zero-order chi connectivity index (χ0) is 23.6. The summed E-state index contributed by atoms with van der Waals surface area (Å²) in [7, 11) is 5.44. The van der Waals surface area contributed by atoms with Crippen LogP contribution in [0.4, 0.5) is 5.69 Å². The highest BCUT2D eigenvalue weighted by molar-refractivity contribution is 6.46. The summed E-state index contributed by atoms with van der Waals surface area (Å²) < 4.78 is 5.54. The maximum atomic E-state index is 13.2. The van der Waals surface area contributed by atoms with Crippen molar-refractivity contribution in [2.75, 3.05) is 32.6 Å². The lowest BCUT2D eigenvalue weighted by molar-refractivity contribution is -0.139. The molecule has 2 aromatic rings. The number of aliphatic hydroxyl groups is 1. The van der Waals surface area contributed by atoms with Crippen LogP contribution in [-0.4, -0.2) is 49.4 Å². The number of aliphatic hydroxyl groups excluding tert-OH is 1. The monoisotopic (exact) mass is 436 g/mol. The lowest BCUT2D eigenvalue weighted by Gasteiger charge is -2.26. The van der Waals surface area contributed by atoms with Crippen LogP contribution in [0.2, 0.25) is 0 Å². The molecule has 1 aliphatic rings. The topological polar surface area (TPSA) is 70.1 Å². The number of anilines is 1. The van der Waals surface area contributed by atoms with Gasteiger partial charge in [-0.2, -0.15) is 0 Å². The van der Waals surface area contributed by atoms with Crippen molar-refractivity contribution in [3.05, 3.63) is 64.2 Å². The van der Waals surface area contributed by atoms with Gasteiger partial charge in [-0.15, -0.1) is 0 Å². The summed E-state index contributed by atoms with van der Waals surface area (Å²) in [5.41, 5.74) is 4.10. The molecule has 1 saturated heterocycles. The number of hydrogen-bond donors (Lipinski definition) is 1. The Labute approximate surface area is 190 Å². The second-order valence-corrected chi connectivity index (χ2v) is 8.49. The van der Waals surface area contributed by atoms with Crippen LogP contribution in [0, 0.1) is 13.8 Å². The molecule has 1 amide bonds. The van der Waals surface area contributed by atoms with Crippen LogP contribution in [0.3, 0.4) is 0 Å². The molecule has 1 atom stereocenters. The number of likely N-dealkylation sites (tertiary alicyclic amines) is 1. The van der Waals surface area contributed by atoms with Crippen molar-refractivity contribution in [1.82, 2.24) is 4.90 Å². The van der Waals surface area contributed by atoms with Crippen molar-refractivity contribution in [2.45, 2.75) is 39.7 Å². The van der Waals surface area contributed by atoms with Crippen LogP contribution in [0.25, 0.3) is 5.76 Å². The second-order valence-electron chi connectivity index (χ2n) is 8.49. The third-order valence-corrected chi connectivity index (χ3v) is 5.90. The highest BCUT2D eigenvalue weighted by Crippen LogP contribution is 2.42. The Morgan fingerprint density at radius 3 is 2.34 bits per heavy atom. The Balaban J connectivity index is 2.23. The molecular formula is C26H32N2O4. The first kappa shape index (κ1) is 23.4. The van der Waals surface area contributed by atoms with Crippen LogP contribution in [0.5, 0.6) is 5.75 Å². The van der Waals surface area contributed by atoms with Crippen molar-refractivity contribution in [3.8, 4) is 5.75 Å². The first-order chi connectivity index (χ1) is 15.2. The predicted octanol–water partition coefficient (Wildman–Crippen LogP) is 4.60. The predicted molar refractivity (Wildman–Crippen MR) is 127 cm³/mol. The quantitative estimate of drug-likeness (QED) is 0.390. The summed E-state index contributed by atoms with van der Waals surface area (Å²) in [5.74, 6) is -0.950. The highest BCUT2D eigenvalue weighted by Gasteiger charge is 2.46. The Morgan fingerprint density at radius 1 is 1.12 bits per heavy atom. The van der Waals surface area contributed by atoms with Gasteiger partial charge in [-0.1, -0.05) is 31.5 Å². The SMILES string of the molecule is CCCCN1C(=O)C(=O)/C(=C(/O)c2cc(C)cc(C)c2OC)C1c1ccc(N(C)C)cc1. The zero-order valence-electron chi connectivity index (χ0n) is 19.7. The number of benzene rings is 2. The Morgan fingerprint density at radius 2 is 1.78 bits per heavy atom. The van der Waals surface area contributed by atoms with E-state index in [2.05, 4.69) is 0 Å². The van der Waals surface area contributed by atoms with Gasteiger partial charge >= 0.3 is 0 Å². The van der Waals surface area contributed by atoms with Crippen molar-refractivity contribution in [1.29, 1.82) is 0 Å². The van der Waals surface area contributed by atoms with Crippen molar-refractivity contribution >= 4 is 23.1 Å². The zero-order valence-corrected chi connectivity index (χ0v) is 19.7. The molecule has 0 aromatic heterocycles. The van der Waals surface area contributed by atoms with Crippen LogP contribution in [0.1, 0.15) is 48.1 Å². The Hall–Kier alpha value is -3.28. The molecule has 1 unspecified atom stereocenters. The number of Topliss-reactive ketones (excluding diaryl/α,β-unsaturated/α-hetero) is 1. The molecule has 6 heteroatoms. The van der Waals surface area contributed by atoms with E-state index in [1.54, 1.807) is 11.0 Å². The number of hydrogen-bond acceptors (Lipinski definition) is 5. The number of nitrogens with zero attached hydrogens (tertiary/aromatic N) is 2. The van der Waals surface area contributed by atoms with E-state index in [-0.39, 0.29) is 11.3 Å². The molecule has 1 heterocycles. The molecule has 0 spiro atoms. The summed E-state index contributed by atoms with van der Waals surface area (Å²) in [4.78, 5) is 29.7. The molecule has 0 aliphatic carbocycles. The fraction of sp³-hybridized carbons (Fsp3) is 0.385. The fourth-order valence-corrected chi connectivity index (χ4v) is 4.29. The molecule has 2 aromatic carbocycles. The van der Waals surface area contributed by atoms with E-state index in [4.69, 9.17) is 4.74 Å². The van der Waals surface area contributed by atoms with Gasteiger partial charge in [0.05, 0.1) is 24.3 Å². The molecule has 1 N–H and O–H groups in total. The summed E-state index contributed by atoms with van der Waals surface area (Å²) in [5, 5.41) is 11.4. The van der Waals surface area contributed by atoms with E-state index in [0.29, 0.717) is 17.9 Å². The van der Waals surface area contributed by atoms with E-state index in [9.17, 15) is 14.7 Å². The number of amides is 1. The van der Waals surface area contributed by atoms with Gasteiger partial charge in [0.25, 0.3) is 11.7 Å². The standard InChI is InChI=1S/C26H32N2O4/c1-7-8-13-28-22(18-9-11-19(12-10-18)27(4)5)21(24(30)26(28)31)23(29)20-15-16(2)14-17(3)25(20)32-6/h9-12,14-15,22,29H,7-8,13H2,1-6H3/b23-21+. The van der Waals surface area contributed by atoms with E-state index >= 15 is 0 Å². The van der Waals surface area contributed by atoms with E-state index < -0.39 is 17.7 Å². The third-order valence-electron chi connectivity index (χ3n) is 5.90. The molecule has 170 valence electrons. The Kier molecular flexibility index (Phi) is 6.92. The van der Waals surface area contributed by atoms with Gasteiger partial charge in [0.2, 0.25) is 0 Å². The van der Waals surface area contributed by atoms with Gasteiger partial charge in [0.15, 0.2) is 0 Å². The summed E-state index contributed by atoms with van der Waals surface area (Å²) >= 11 is 0. The van der Waals surface area contributed by atoms with Gasteiger partial charge in [-0.05, 0) is 55.2 Å². The fourth-order valence-electron chi connectivity index (χ4n) is 4.29. The van der Waals surface area contributed by atoms with Crippen LogP contribution in [0.15, 0.2) is 42.0 Å². The minimum atomic E-state index is -0.665. The van der Waals surface area contributed by atoms with Crippen molar-refractivity contribution in [3.63, 3.8) is 0 Å². The normalized spacial score (nSPS) is 17.7. The number of ketones is 1. The van der Waals surface area contributed by atoms with Crippen molar-refractivity contribution < 1.29 is 19.4 Å². The largest absolute Gasteiger partial charge is 0.507 e. The number of methoxy groups -OCH3 is 1. The van der Waals surface area contributed by atoms with Gasteiger partial charge < -0.3 is 19.6 Å². The van der Waals surface area contributed by atoms with Gasteiger partial charge in [-0.25, -0.2) is 0 Å². The number of rotatable bonds is 7. The average Bonchev–Trinajstić information content (AvgIpc) is 3.01. The third kappa shape index (κ3) is 4.22. The molecule has 3 rings (SSSR count). The first-order valence-corrected chi connectivity index (χ1v) is 10.9.